The average Bonchev–Trinajstić information content (AvgIpc) is 2.89. The van der Waals surface area contributed by atoms with E-state index in [2.05, 4.69) is 5.32 Å². The number of hydrogen-bond acceptors (Lipinski definition) is 4. The van der Waals surface area contributed by atoms with Crippen LogP contribution >= 0.6 is 23.2 Å². The smallest absolute Gasteiger partial charge is 0.311 e. The van der Waals surface area contributed by atoms with Gasteiger partial charge in [0.1, 0.15) is 5.75 Å². The van der Waals surface area contributed by atoms with Crippen LogP contribution in [0.15, 0.2) is 60.7 Å². The Labute approximate surface area is 251 Å². The van der Waals surface area contributed by atoms with E-state index in [1.54, 1.807) is 65.6 Å². The molecular formula is C32H36Cl2N2O5. The number of carbonyl (C=O) groups excluding carboxylic acids is 2. The number of aliphatic carboxylic acids is 1. The van der Waals surface area contributed by atoms with E-state index >= 15 is 0 Å². The Morgan fingerprint density at radius 2 is 1.59 bits per heavy atom. The normalized spacial score (nSPS) is 12.1. The number of anilines is 2. The van der Waals surface area contributed by atoms with Gasteiger partial charge in [0.2, 0.25) is 5.91 Å². The topological polar surface area (TPSA) is 95.9 Å². The Morgan fingerprint density at radius 1 is 0.976 bits per heavy atom. The first-order chi connectivity index (χ1) is 19.2. The van der Waals surface area contributed by atoms with Crippen molar-refractivity contribution in [3.63, 3.8) is 0 Å². The third-order valence-corrected chi connectivity index (χ3v) is 7.10. The monoisotopic (exact) mass is 598 g/mol. The van der Waals surface area contributed by atoms with Crippen molar-refractivity contribution < 1.29 is 24.2 Å². The Morgan fingerprint density at radius 3 is 2.10 bits per heavy atom. The van der Waals surface area contributed by atoms with Gasteiger partial charge in [0.05, 0.1) is 34.3 Å². The summed E-state index contributed by atoms with van der Waals surface area (Å²) in [6.45, 7) is 10.1. The standard InChI is InChI=1S/C32H36Cl2N2O5/c1-19(2)18-36(31(40)32(3,4)5)26-17-21(12-15-27(26)41-6)23(30(38)39)16-20-10-13-22(14-11-20)35-29(37)28-24(33)8-7-9-25(28)34/h7-15,17,19,23H,16,18H2,1-6H3,(H,35,37)(H,38,39). The Balaban J connectivity index is 1.89. The number of amides is 2. The van der Waals surface area contributed by atoms with E-state index in [0.717, 1.165) is 5.56 Å². The second-order valence-electron chi connectivity index (χ2n) is 11.3. The van der Waals surface area contributed by atoms with Gasteiger partial charge in [0.15, 0.2) is 0 Å². The number of ether oxygens (including phenoxy) is 1. The number of carboxylic acids is 1. The molecule has 0 bridgehead atoms. The largest absolute Gasteiger partial charge is 0.495 e. The maximum absolute atomic E-state index is 13.4. The molecule has 0 spiro atoms. The first-order valence-corrected chi connectivity index (χ1v) is 14.1. The minimum Gasteiger partial charge on any atom is -0.495 e. The molecule has 2 N–H and O–H groups in total. The molecule has 0 fully saturated rings. The highest BCUT2D eigenvalue weighted by Crippen LogP contribution is 2.36. The molecule has 9 heteroatoms. The van der Waals surface area contributed by atoms with Crippen LogP contribution < -0.4 is 15.0 Å². The third-order valence-electron chi connectivity index (χ3n) is 6.47. The molecule has 0 aliphatic carbocycles. The number of carbonyl (C=O) groups is 3. The first-order valence-electron chi connectivity index (χ1n) is 13.3. The molecule has 3 rings (SSSR count). The summed E-state index contributed by atoms with van der Waals surface area (Å²) < 4.78 is 5.58. The number of methoxy groups -OCH3 is 1. The summed E-state index contributed by atoms with van der Waals surface area (Å²) in [6, 6.07) is 16.9. The number of nitrogens with zero attached hydrogens (tertiary/aromatic N) is 1. The third kappa shape index (κ3) is 8.02. The van der Waals surface area contributed by atoms with Crippen LogP contribution in [0.3, 0.4) is 0 Å². The van der Waals surface area contributed by atoms with Gasteiger partial charge >= 0.3 is 5.97 Å². The molecule has 0 aromatic heterocycles. The van der Waals surface area contributed by atoms with Crippen LogP contribution in [0.4, 0.5) is 11.4 Å². The second-order valence-corrected chi connectivity index (χ2v) is 12.1. The van der Waals surface area contributed by atoms with Crippen molar-refractivity contribution in [2.75, 3.05) is 23.9 Å². The van der Waals surface area contributed by atoms with E-state index in [9.17, 15) is 19.5 Å². The SMILES string of the molecule is COc1ccc(C(Cc2ccc(NC(=O)c3c(Cl)cccc3Cl)cc2)C(=O)O)cc1N(CC(C)C)C(=O)C(C)(C)C. The molecule has 0 saturated carbocycles. The summed E-state index contributed by atoms with van der Waals surface area (Å²) >= 11 is 12.3. The summed E-state index contributed by atoms with van der Waals surface area (Å²) in [7, 11) is 1.53. The molecule has 0 aliphatic heterocycles. The zero-order chi connectivity index (χ0) is 30.5. The number of rotatable bonds is 10. The van der Waals surface area contributed by atoms with Gasteiger partial charge in [0, 0.05) is 17.6 Å². The van der Waals surface area contributed by atoms with E-state index in [-0.39, 0.29) is 33.9 Å². The van der Waals surface area contributed by atoms with E-state index in [0.29, 0.717) is 29.2 Å². The van der Waals surface area contributed by atoms with Gasteiger partial charge in [-0.25, -0.2) is 0 Å². The fraction of sp³-hybridized carbons (Fsp3) is 0.344. The van der Waals surface area contributed by atoms with Crippen molar-refractivity contribution >= 4 is 52.4 Å². The van der Waals surface area contributed by atoms with Gasteiger partial charge in [-0.2, -0.15) is 0 Å². The summed E-state index contributed by atoms with van der Waals surface area (Å²) in [5.74, 6) is -1.73. The summed E-state index contributed by atoms with van der Waals surface area (Å²) in [6.07, 6.45) is 0.197. The zero-order valence-electron chi connectivity index (χ0n) is 24.1. The zero-order valence-corrected chi connectivity index (χ0v) is 25.6. The molecule has 1 atom stereocenters. The van der Waals surface area contributed by atoms with E-state index < -0.39 is 23.2 Å². The van der Waals surface area contributed by atoms with E-state index in [1.807, 2.05) is 34.6 Å². The second kappa shape index (κ2) is 13.4. The molecule has 218 valence electrons. The van der Waals surface area contributed by atoms with Crippen molar-refractivity contribution in [3.05, 3.63) is 87.4 Å². The molecular weight excluding hydrogens is 563 g/mol. The first kappa shape index (κ1) is 32.0. The van der Waals surface area contributed by atoms with Crippen LogP contribution in [0.2, 0.25) is 10.0 Å². The molecule has 3 aromatic carbocycles. The minimum absolute atomic E-state index is 0.0794. The Bertz CT molecular complexity index is 1390. The van der Waals surface area contributed by atoms with Crippen molar-refractivity contribution in [1.82, 2.24) is 0 Å². The van der Waals surface area contributed by atoms with Crippen molar-refractivity contribution in [2.45, 2.75) is 47.0 Å². The molecule has 0 aliphatic rings. The maximum Gasteiger partial charge on any atom is 0.311 e. The molecule has 7 nitrogen and oxygen atoms in total. The Kier molecular flexibility index (Phi) is 10.5. The summed E-state index contributed by atoms with van der Waals surface area (Å²) in [5, 5.41) is 13.4. The molecule has 2 amide bonds. The van der Waals surface area contributed by atoms with Crippen LogP contribution in [-0.2, 0) is 16.0 Å². The average molecular weight is 600 g/mol. The lowest BCUT2D eigenvalue weighted by Crippen LogP contribution is -2.42. The van der Waals surface area contributed by atoms with Crippen LogP contribution in [0.5, 0.6) is 5.75 Å². The summed E-state index contributed by atoms with van der Waals surface area (Å²) in [5.41, 5.74) is 1.90. The number of nitrogens with one attached hydrogen (secondary N) is 1. The highest BCUT2D eigenvalue weighted by atomic mass is 35.5. The fourth-order valence-electron chi connectivity index (χ4n) is 4.41. The summed E-state index contributed by atoms with van der Waals surface area (Å²) in [4.78, 5) is 40.3. The number of halogens is 2. The van der Waals surface area contributed by atoms with Gasteiger partial charge in [0.25, 0.3) is 5.91 Å². The predicted molar refractivity (Wildman–Crippen MR) is 165 cm³/mol. The molecule has 3 aromatic rings. The van der Waals surface area contributed by atoms with Crippen molar-refractivity contribution in [3.8, 4) is 5.75 Å². The van der Waals surface area contributed by atoms with Crippen molar-refractivity contribution in [1.29, 1.82) is 0 Å². The molecule has 41 heavy (non-hydrogen) atoms. The molecule has 0 radical (unpaired) electrons. The van der Waals surface area contributed by atoms with Crippen molar-refractivity contribution in [2.24, 2.45) is 11.3 Å². The highest BCUT2D eigenvalue weighted by Gasteiger charge is 2.31. The van der Waals surface area contributed by atoms with Gasteiger partial charge in [-0.1, -0.05) is 82.1 Å². The van der Waals surface area contributed by atoms with E-state index in [1.165, 1.54) is 7.11 Å². The van der Waals surface area contributed by atoms with Crippen LogP contribution in [0.1, 0.15) is 62.0 Å². The van der Waals surface area contributed by atoms with Gasteiger partial charge in [-0.05, 0) is 59.9 Å². The van der Waals surface area contributed by atoms with Crippen LogP contribution in [-0.4, -0.2) is 36.5 Å². The number of hydrogen-bond donors (Lipinski definition) is 2. The molecule has 0 heterocycles. The lowest BCUT2D eigenvalue weighted by molar-refractivity contribution is -0.138. The van der Waals surface area contributed by atoms with Gasteiger partial charge < -0.3 is 20.1 Å². The number of carboxylic acid groups (broad SMARTS) is 1. The van der Waals surface area contributed by atoms with Gasteiger partial charge in [-0.3, -0.25) is 14.4 Å². The quantitative estimate of drug-likeness (QED) is 0.249. The fourth-order valence-corrected chi connectivity index (χ4v) is 4.98. The van der Waals surface area contributed by atoms with Gasteiger partial charge in [-0.15, -0.1) is 0 Å². The maximum atomic E-state index is 13.4. The highest BCUT2D eigenvalue weighted by molar-refractivity contribution is 6.40. The van der Waals surface area contributed by atoms with Crippen LogP contribution in [0.25, 0.3) is 0 Å². The minimum atomic E-state index is -0.996. The molecule has 1 unspecified atom stereocenters. The number of benzene rings is 3. The lowest BCUT2D eigenvalue weighted by atomic mass is 9.90. The Hall–Kier alpha value is -3.55. The van der Waals surface area contributed by atoms with E-state index in [4.69, 9.17) is 27.9 Å². The van der Waals surface area contributed by atoms with Crippen LogP contribution in [0, 0.1) is 11.3 Å². The molecule has 0 saturated heterocycles. The predicted octanol–water partition coefficient (Wildman–Crippen LogP) is 7.70. The lowest BCUT2D eigenvalue weighted by Gasteiger charge is -2.32.